The minimum absolute atomic E-state index is 0.000816. The summed E-state index contributed by atoms with van der Waals surface area (Å²) in [7, 11) is 0. The van der Waals surface area contributed by atoms with Crippen LogP contribution in [-0.4, -0.2) is 36.3 Å². The number of anilines is 2. The molecule has 0 spiro atoms. The van der Waals surface area contributed by atoms with Crippen molar-refractivity contribution in [3.05, 3.63) is 59.9 Å². The van der Waals surface area contributed by atoms with Gasteiger partial charge in [-0.15, -0.1) is 0 Å². The van der Waals surface area contributed by atoms with E-state index < -0.39 is 0 Å². The van der Waals surface area contributed by atoms with E-state index in [9.17, 15) is 9.59 Å². The number of hydrogen-bond acceptors (Lipinski definition) is 4. The molecule has 2 heterocycles. The average molecular weight is 448 g/mol. The topological polar surface area (TPSA) is 74.6 Å². The van der Waals surface area contributed by atoms with Crippen molar-refractivity contribution in [1.29, 1.82) is 0 Å². The van der Waals surface area contributed by atoms with Crippen LogP contribution in [0.4, 0.5) is 11.4 Å². The molecule has 0 radical (unpaired) electrons. The lowest BCUT2D eigenvalue weighted by molar-refractivity contribution is -0.117. The van der Waals surface area contributed by atoms with Gasteiger partial charge in [0.2, 0.25) is 5.91 Å². The highest BCUT2D eigenvalue weighted by Crippen LogP contribution is 2.28. The summed E-state index contributed by atoms with van der Waals surface area (Å²) in [6.45, 7) is 4.52. The maximum atomic E-state index is 13.1. The van der Waals surface area contributed by atoms with E-state index in [0.29, 0.717) is 17.8 Å². The van der Waals surface area contributed by atoms with E-state index in [1.165, 1.54) is 12.8 Å². The van der Waals surface area contributed by atoms with Gasteiger partial charge in [0, 0.05) is 23.2 Å². The first-order valence-corrected chi connectivity index (χ1v) is 12.1. The molecule has 0 bridgehead atoms. The minimum atomic E-state index is -0.177. The Morgan fingerprint density at radius 3 is 2.27 bits per heavy atom. The van der Waals surface area contributed by atoms with E-state index in [1.807, 2.05) is 48.5 Å². The highest BCUT2D eigenvalue weighted by molar-refractivity contribution is 6.13. The molecular formula is C27H33N3O3. The van der Waals surface area contributed by atoms with Gasteiger partial charge in [-0.05, 0) is 62.7 Å². The number of furan rings is 1. The number of fused-ring (bicyclic) bond motifs is 1. The van der Waals surface area contributed by atoms with Crippen molar-refractivity contribution in [3.63, 3.8) is 0 Å². The van der Waals surface area contributed by atoms with Gasteiger partial charge in [0.25, 0.3) is 5.91 Å². The van der Waals surface area contributed by atoms with Gasteiger partial charge in [-0.25, -0.2) is 0 Å². The quantitative estimate of drug-likeness (QED) is 0.455. The number of nitrogens with one attached hydrogen (secondary N) is 2. The third-order valence-electron chi connectivity index (χ3n) is 6.15. The number of hydrogen-bond donors (Lipinski definition) is 2. The average Bonchev–Trinajstić information content (AvgIpc) is 2.99. The third-order valence-corrected chi connectivity index (χ3v) is 6.15. The van der Waals surface area contributed by atoms with Crippen molar-refractivity contribution >= 4 is 34.2 Å². The predicted molar refractivity (Wildman–Crippen MR) is 133 cm³/mol. The van der Waals surface area contributed by atoms with Gasteiger partial charge < -0.3 is 15.1 Å². The van der Waals surface area contributed by atoms with Gasteiger partial charge in [0.1, 0.15) is 11.3 Å². The highest BCUT2D eigenvalue weighted by Gasteiger charge is 2.20. The fourth-order valence-electron chi connectivity index (χ4n) is 4.39. The number of benzene rings is 2. The summed E-state index contributed by atoms with van der Waals surface area (Å²) >= 11 is 0. The summed E-state index contributed by atoms with van der Waals surface area (Å²) in [4.78, 5) is 27.8. The number of carbonyl (C=O) groups is 2. The smallest absolute Gasteiger partial charge is 0.259 e. The number of unbranched alkanes of at least 4 members (excludes halogenated alkanes) is 1. The van der Waals surface area contributed by atoms with Crippen LogP contribution in [0.15, 0.2) is 52.9 Å². The Hall–Kier alpha value is -3.12. The van der Waals surface area contributed by atoms with Crippen molar-refractivity contribution in [2.45, 2.75) is 51.9 Å². The molecule has 1 aromatic heterocycles. The molecule has 1 saturated heterocycles. The van der Waals surface area contributed by atoms with E-state index in [4.69, 9.17) is 4.42 Å². The maximum absolute atomic E-state index is 13.1. The number of para-hydroxylation sites is 1. The molecule has 0 saturated carbocycles. The van der Waals surface area contributed by atoms with Crippen molar-refractivity contribution in [3.8, 4) is 0 Å². The summed E-state index contributed by atoms with van der Waals surface area (Å²) in [5.74, 6) is 0.552. The second-order valence-corrected chi connectivity index (χ2v) is 8.77. The number of carbonyl (C=O) groups excluding carboxylic acids is 2. The molecule has 2 aromatic carbocycles. The van der Waals surface area contributed by atoms with Crippen LogP contribution in [0.3, 0.4) is 0 Å². The SMILES string of the molecule is CCCCc1oc2ccccc2c1C(=O)Nc1ccc(NC(=O)CN2CCCCCC2)cc1. The lowest BCUT2D eigenvalue weighted by Crippen LogP contribution is -2.33. The largest absolute Gasteiger partial charge is 0.460 e. The summed E-state index contributed by atoms with van der Waals surface area (Å²) in [5.41, 5.74) is 2.74. The lowest BCUT2D eigenvalue weighted by atomic mass is 10.1. The Kier molecular flexibility index (Phi) is 7.79. The van der Waals surface area contributed by atoms with Crippen LogP contribution in [0, 0.1) is 0 Å². The van der Waals surface area contributed by atoms with E-state index in [0.717, 1.165) is 67.6 Å². The molecule has 3 aromatic rings. The second-order valence-electron chi connectivity index (χ2n) is 8.77. The molecule has 0 atom stereocenters. The van der Waals surface area contributed by atoms with E-state index in [-0.39, 0.29) is 11.8 Å². The maximum Gasteiger partial charge on any atom is 0.259 e. The van der Waals surface area contributed by atoms with Crippen molar-refractivity contribution in [1.82, 2.24) is 4.90 Å². The Labute approximate surface area is 195 Å². The first-order chi connectivity index (χ1) is 16.1. The zero-order valence-electron chi connectivity index (χ0n) is 19.4. The zero-order chi connectivity index (χ0) is 23.0. The van der Waals surface area contributed by atoms with Crippen LogP contribution < -0.4 is 10.6 Å². The molecule has 6 heteroatoms. The van der Waals surface area contributed by atoms with Gasteiger partial charge in [-0.3, -0.25) is 14.5 Å². The Bertz CT molecular complexity index is 1080. The number of amides is 2. The van der Waals surface area contributed by atoms with Gasteiger partial charge in [0.15, 0.2) is 0 Å². The second kappa shape index (κ2) is 11.1. The van der Waals surface area contributed by atoms with Crippen LogP contribution in [0.2, 0.25) is 0 Å². The summed E-state index contributed by atoms with van der Waals surface area (Å²) in [6, 6.07) is 14.9. The van der Waals surface area contributed by atoms with Crippen LogP contribution >= 0.6 is 0 Å². The molecule has 6 nitrogen and oxygen atoms in total. The van der Waals surface area contributed by atoms with Crippen LogP contribution in [-0.2, 0) is 11.2 Å². The van der Waals surface area contributed by atoms with Crippen molar-refractivity contribution < 1.29 is 14.0 Å². The zero-order valence-corrected chi connectivity index (χ0v) is 19.4. The monoisotopic (exact) mass is 447 g/mol. The van der Waals surface area contributed by atoms with Gasteiger partial charge >= 0.3 is 0 Å². The van der Waals surface area contributed by atoms with Crippen molar-refractivity contribution in [2.75, 3.05) is 30.3 Å². The Morgan fingerprint density at radius 1 is 0.909 bits per heavy atom. The number of nitrogens with zero attached hydrogens (tertiary/aromatic N) is 1. The molecule has 1 aliphatic rings. The highest BCUT2D eigenvalue weighted by atomic mass is 16.3. The predicted octanol–water partition coefficient (Wildman–Crippen LogP) is 5.84. The van der Waals surface area contributed by atoms with Gasteiger partial charge in [-0.1, -0.05) is 44.4 Å². The molecule has 0 aliphatic carbocycles. The van der Waals surface area contributed by atoms with Gasteiger partial charge in [-0.2, -0.15) is 0 Å². The lowest BCUT2D eigenvalue weighted by Gasteiger charge is -2.19. The number of rotatable bonds is 8. The molecule has 4 rings (SSSR count). The molecule has 0 unspecified atom stereocenters. The molecular weight excluding hydrogens is 414 g/mol. The fraction of sp³-hybridized carbons (Fsp3) is 0.407. The minimum Gasteiger partial charge on any atom is -0.460 e. The number of likely N-dealkylation sites (tertiary alicyclic amines) is 1. The molecule has 2 N–H and O–H groups in total. The Balaban J connectivity index is 1.40. The van der Waals surface area contributed by atoms with Crippen LogP contribution in [0.5, 0.6) is 0 Å². The van der Waals surface area contributed by atoms with Crippen LogP contribution in [0.1, 0.15) is 61.6 Å². The first kappa shape index (κ1) is 23.1. The molecule has 1 fully saturated rings. The van der Waals surface area contributed by atoms with E-state index >= 15 is 0 Å². The standard InChI is InChI=1S/C27H33N3O3/c1-2-3-11-24-26(22-10-6-7-12-23(22)33-24)27(32)29-21-15-13-20(14-16-21)28-25(31)19-30-17-8-4-5-9-18-30/h6-7,10,12-16H,2-5,8-9,11,17-19H2,1H3,(H,28,31)(H,29,32). The molecule has 33 heavy (non-hydrogen) atoms. The van der Waals surface area contributed by atoms with Crippen LogP contribution in [0.25, 0.3) is 11.0 Å². The van der Waals surface area contributed by atoms with E-state index in [2.05, 4.69) is 22.5 Å². The Morgan fingerprint density at radius 2 is 1.58 bits per heavy atom. The van der Waals surface area contributed by atoms with E-state index in [1.54, 1.807) is 0 Å². The van der Waals surface area contributed by atoms with Crippen molar-refractivity contribution in [2.24, 2.45) is 0 Å². The fourth-order valence-corrected chi connectivity index (χ4v) is 4.39. The molecule has 174 valence electrons. The first-order valence-electron chi connectivity index (χ1n) is 12.1. The summed E-state index contributed by atoms with van der Waals surface area (Å²) < 4.78 is 5.98. The molecule has 2 amide bonds. The number of aryl methyl sites for hydroxylation is 1. The summed E-state index contributed by atoms with van der Waals surface area (Å²) in [6.07, 6.45) is 7.55. The molecule has 1 aliphatic heterocycles. The third kappa shape index (κ3) is 6.02. The normalized spacial score (nSPS) is 14.7. The summed E-state index contributed by atoms with van der Waals surface area (Å²) in [5, 5.41) is 6.78. The van der Waals surface area contributed by atoms with Gasteiger partial charge in [0.05, 0.1) is 12.1 Å².